The van der Waals surface area contributed by atoms with Crippen molar-refractivity contribution in [2.24, 2.45) is 0 Å². The van der Waals surface area contributed by atoms with E-state index in [1.165, 1.54) is 0 Å². The first-order chi connectivity index (χ1) is 14.1. The summed E-state index contributed by atoms with van der Waals surface area (Å²) in [7, 11) is 0. The summed E-state index contributed by atoms with van der Waals surface area (Å²) >= 11 is 0. The molecule has 1 amide bonds. The van der Waals surface area contributed by atoms with E-state index in [0.29, 0.717) is 24.7 Å². The van der Waals surface area contributed by atoms with Crippen LogP contribution >= 0.6 is 0 Å². The highest BCUT2D eigenvalue weighted by atomic mass is 16.5. The number of carbonyl (C=O) groups is 1. The van der Waals surface area contributed by atoms with Gasteiger partial charge in [0.2, 0.25) is 5.91 Å². The Bertz CT molecular complexity index is 831. The summed E-state index contributed by atoms with van der Waals surface area (Å²) in [6, 6.07) is 14.9. The monoisotopic (exact) mass is 396 g/mol. The molecule has 2 aromatic rings. The fourth-order valence-electron chi connectivity index (χ4n) is 2.93. The second-order valence-corrected chi connectivity index (χ2v) is 7.12. The van der Waals surface area contributed by atoms with Gasteiger partial charge in [0.05, 0.1) is 18.3 Å². The molecule has 2 N–H and O–H groups in total. The third-order valence-electron chi connectivity index (χ3n) is 4.38. The van der Waals surface area contributed by atoms with E-state index in [0.717, 1.165) is 36.5 Å². The maximum absolute atomic E-state index is 12.4. The molecule has 1 heterocycles. The second kappa shape index (κ2) is 10.5. The normalized spacial score (nSPS) is 15.6. The van der Waals surface area contributed by atoms with Crippen LogP contribution in [-0.2, 0) is 9.53 Å². The summed E-state index contributed by atoms with van der Waals surface area (Å²) in [4.78, 5) is 12.4. The van der Waals surface area contributed by atoms with E-state index in [-0.39, 0.29) is 18.6 Å². The van der Waals surface area contributed by atoms with E-state index in [9.17, 15) is 4.79 Å². The molecule has 29 heavy (non-hydrogen) atoms. The van der Waals surface area contributed by atoms with Crippen LogP contribution in [0.1, 0.15) is 19.8 Å². The fraction of sp³-hybridized carbons (Fsp3) is 0.348. The number of rotatable bonds is 10. The van der Waals surface area contributed by atoms with Crippen molar-refractivity contribution in [1.29, 1.82) is 0 Å². The molecule has 3 rings (SSSR count). The Morgan fingerprint density at radius 2 is 2.07 bits per heavy atom. The summed E-state index contributed by atoms with van der Waals surface area (Å²) in [6.45, 7) is 7.61. The first kappa shape index (κ1) is 20.7. The average molecular weight is 396 g/mol. The molecular formula is C23H28N2O4. The molecule has 0 spiro atoms. The Hall–Kier alpha value is -2.99. The molecule has 1 aliphatic rings. The Balaban J connectivity index is 1.49. The van der Waals surface area contributed by atoms with Crippen LogP contribution in [0.3, 0.4) is 0 Å². The molecule has 0 aromatic heterocycles. The van der Waals surface area contributed by atoms with Crippen molar-refractivity contribution in [3.8, 4) is 11.5 Å². The molecule has 1 saturated heterocycles. The molecule has 2 aromatic carbocycles. The molecule has 0 bridgehead atoms. The molecule has 0 radical (unpaired) electrons. The van der Waals surface area contributed by atoms with Crippen LogP contribution in [0.2, 0.25) is 0 Å². The number of nitrogens with one attached hydrogen (secondary N) is 2. The van der Waals surface area contributed by atoms with Crippen LogP contribution in [0.15, 0.2) is 60.7 Å². The van der Waals surface area contributed by atoms with E-state index in [2.05, 4.69) is 17.2 Å². The van der Waals surface area contributed by atoms with Gasteiger partial charge in [0.25, 0.3) is 0 Å². The van der Waals surface area contributed by atoms with Crippen molar-refractivity contribution in [2.45, 2.75) is 25.9 Å². The lowest BCUT2D eigenvalue weighted by Crippen LogP contribution is -2.22. The van der Waals surface area contributed by atoms with Gasteiger partial charge in [0, 0.05) is 18.4 Å². The number of benzene rings is 2. The summed E-state index contributed by atoms with van der Waals surface area (Å²) < 4.78 is 17.1. The van der Waals surface area contributed by atoms with E-state index in [1.807, 2.05) is 55.5 Å². The van der Waals surface area contributed by atoms with Gasteiger partial charge in [0.15, 0.2) is 0 Å². The van der Waals surface area contributed by atoms with Crippen LogP contribution < -0.4 is 20.1 Å². The molecule has 0 saturated carbocycles. The maximum atomic E-state index is 12.4. The zero-order valence-corrected chi connectivity index (χ0v) is 16.8. The van der Waals surface area contributed by atoms with Gasteiger partial charge in [-0.15, -0.1) is 0 Å². The Morgan fingerprint density at radius 3 is 2.86 bits per heavy atom. The zero-order chi connectivity index (χ0) is 20.5. The molecule has 0 aliphatic carbocycles. The molecule has 1 aliphatic heterocycles. The number of amides is 1. The van der Waals surface area contributed by atoms with Gasteiger partial charge in [-0.25, -0.2) is 0 Å². The molecule has 6 heteroatoms. The maximum Gasteiger partial charge on any atom is 0.243 e. The summed E-state index contributed by atoms with van der Waals surface area (Å²) in [5.41, 5.74) is 2.36. The van der Waals surface area contributed by atoms with E-state index in [1.54, 1.807) is 0 Å². The highest BCUT2D eigenvalue weighted by molar-refractivity contribution is 5.95. The Morgan fingerprint density at radius 1 is 1.21 bits per heavy atom. The summed E-state index contributed by atoms with van der Waals surface area (Å²) in [6.07, 6.45) is 2.30. The predicted molar refractivity (Wildman–Crippen MR) is 115 cm³/mol. The van der Waals surface area contributed by atoms with Crippen molar-refractivity contribution in [3.05, 3.63) is 60.7 Å². The minimum atomic E-state index is -0.165. The van der Waals surface area contributed by atoms with Gasteiger partial charge in [-0.05, 0) is 49.6 Å². The number of para-hydroxylation sites is 2. The second-order valence-electron chi connectivity index (χ2n) is 7.12. The third-order valence-corrected chi connectivity index (χ3v) is 4.38. The smallest absolute Gasteiger partial charge is 0.243 e. The zero-order valence-electron chi connectivity index (χ0n) is 16.8. The lowest BCUT2D eigenvalue weighted by atomic mass is 10.2. The van der Waals surface area contributed by atoms with Gasteiger partial charge in [0.1, 0.15) is 24.7 Å². The van der Waals surface area contributed by atoms with Crippen molar-refractivity contribution >= 4 is 17.3 Å². The topological polar surface area (TPSA) is 68.8 Å². The molecule has 1 fully saturated rings. The predicted octanol–water partition coefficient (Wildman–Crippen LogP) is 4.25. The van der Waals surface area contributed by atoms with Crippen LogP contribution in [0.4, 0.5) is 11.4 Å². The fourth-order valence-corrected chi connectivity index (χ4v) is 2.93. The van der Waals surface area contributed by atoms with Gasteiger partial charge in [-0.3, -0.25) is 4.79 Å². The molecule has 1 unspecified atom stereocenters. The third kappa shape index (κ3) is 6.84. The molecule has 6 nitrogen and oxygen atoms in total. The van der Waals surface area contributed by atoms with Gasteiger partial charge in [-0.2, -0.15) is 0 Å². The highest BCUT2D eigenvalue weighted by Crippen LogP contribution is 2.24. The van der Waals surface area contributed by atoms with Crippen molar-refractivity contribution < 1.29 is 19.0 Å². The average Bonchev–Trinajstić information content (AvgIpc) is 3.24. The standard InChI is InChI=1S/C23H28N2O4/c1-17(2)15-29-22-11-4-3-10-21(22)25-23(26)14-24-18-7-5-8-19(13-18)28-16-20-9-6-12-27-20/h3-5,7-8,10-11,13,20,24H,1,6,9,12,14-16H2,2H3,(H,25,26). The molecule has 154 valence electrons. The van der Waals surface area contributed by atoms with E-state index >= 15 is 0 Å². The van der Waals surface area contributed by atoms with Crippen molar-refractivity contribution in [3.63, 3.8) is 0 Å². The van der Waals surface area contributed by atoms with Gasteiger partial charge >= 0.3 is 0 Å². The SMILES string of the molecule is C=C(C)COc1ccccc1NC(=O)CNc1cccc(OCC2CCCO2)c1. The quantitative estimate of drug-likeness (QED) is 0.588. The highest BCUT2D eigenvalue weighted by Gasteiger charge is 2.16. The van der Waals surface area contributed by atoms with E-state index < -0.39 is 0 Å². The summed E-state index contributed by atoms with van der Waals surface area (Å²) in [5.74, 6) is 1.21. The minimum Gasteiger partial charge on any atom is -0.491 e. The number of carbonyl (C=O) groups excluding carboxylic acids is 1. The van der Waals surface area contributed by atoms with Crippen LogP contribution in [0, 0.1) is 0 Å². The number of anilines is 2. The van der Waals surface area contributed by atoms with Gasteiger partial charge < -0.3 is 24.8 Å². The molecular weight excluding hydrogens is 368 g/mol. The lowest BCUT2D eigenvalue weighted by Gasteiger charge is -2.14. The number of hydrogen-bond donors (Lipinski definition) is 2. The van der Waals surface area contributed by atoms with E-state index in [4.69, 9.17) is 14.2 Å². The number of hydrogen-bond acceptors (Lipinski definition) is 5. The Labute approximate surface area is 171 Å². The van der Waals surface area contributed by atoms with Crippen molar-refractivity contribution in [1.82, 2.24) is 0 Å². The Kier molecular flexibility index (Phi) is 7.53. The van der Waals surface area contributed by atoms with Gasteiger partial charge in [-0.1, -0.05) is 24.8 Å². The minimum absolute atomic E-state index is 0.129. The van der Waals surface area contributed by atoms with Crippen molar-refractivity contribution in [2.75, 3.05) is 37.0 Å². The first-order valence-corrected chi connectivity index (χ1v) is 9.84. The largest absolute Gasteiger partial charge is 0.491 e. The van der Waals surface area contributed by atoms with Crippen LogP contribution in [0.25, 0.3) is 0 Å². The summed E-state index contributed by atoms with van der Waals surface area (Å²) in [5, 5.41) is 6.00. The van der Waals surface area contributed by atoms with Crippen LogP contribution in [-0.4, -0.2) is 38.4 Å². The first-order valence-electron chi connectivity index (χ1n) is 9.84. The van der Waals surface area contributed by atoms with Crippen LogP contribution in [0.5, 0.6) is 11.5 Å². The lowest BCUT2D eigenvalue weighted by molar-refractivity contribution is -0.114. The number of ether oxygens (including phenoxy) is 3. The molecule has 1 atom stereocenters.